The molecule has 27 heavy (non-hydrogen) atoms. The molecule has 2 aliphatic rings. The fourth-order valence-electron chi connectivity index (χ4n) is 4.86. The fourth-order valence-corrected chi connectivity index (χ4v) is 4.86. The molecule has 2 fully saturated rings. The number of hydrogen-bond donors (Lipinski definition) is 0. The smallest absolute Gasteiger partial charge is 0.118 e. The van der Waals surface area contributed by atoms with E-state index in [1.165, 1.54) is 57.2 Å². The average molecular weight is 368 g/mol. The summed E-state index contributed by atoms with van der Waals surface area (Å²) in [7, 11) is 0. The van der Waals surface area contributed by atoms with Gasteiger partial charge in [0.15, 0.2) is 0 Å². The Morgan fingerprint density at radius 3 is 2.56 bits per heavy atom. The Morgan fingerprint density at radius 2 is 1.89 bits per heavy atom. The first-order chi connectivity index (χ1) is 13.3. The Hall–Kier alpha value is -1.65. The summed E-state index contributed by atoms with van der Waals surface area (Å²) in [5.41, 5.74) is 1.28. The van der Waals surface area contributed by atoms with E-state index in [1.54, 1.807) is 0 Å². The first-order valence-electron chi connectivity index (χ1n) is 10.7. The highest BCUT2D eigenvalue weighted by molar-refractivity contribution is 5.10. The van der Waals surface area contributed by atoms with Crippen LogP contribution in [0, 0.1) is 12.8 Å². The number of aromatic nitrogens is 1. The van der Waals surface area contributed by atoms with Crippen LogP contribution in [0.25, 0.3) is 0 Å². The van der Waals surface area contributed by atoms with Crippen molar-refractivity contribution in [2.45, 2.75) is 64.6 Å². The van der Waals surface area contributed by atoms with Gasteiger partial charge in [-0.05, 0) is 75.4 Å². The molecule has 0 N–H and O–H groups in total. The summed E-state index contributed by atoms with van der Waals surface area (Å²) in [5.74, 6) is 2.85. The summed E-state index contributed by atoms with van der Waals surface area (Å²) in [4.78, 5) is 9.61. The van der Waals surface area contributed by atoms with E-state index in [2.05, 4.69) is 33.0 Å². The summed E-state index contributed by atoms with van der Waals surface area (Å²) >= 11 is 0. The molecule has 0 atom stereocenters. The van der Waals surface area contributed by atoms with Crippen molar-refractivity contribution in [1.82, 2.24) is 14.8 Å². The minimum Gasteiger partial charge on any atom is -0.465 e. The molecule has 4 rings (SSSR count). The van der Waals surface area contributed by atoms with Crippen molar-refractivity contribution < 1.29 is 4.42 Å². The zero-order valence-electron chi connectivity index (χ0n) is 16.6. The molecule has 1 saturated heterocycles. The van der Waals surface area contributed by atoms with Gasteiger partial charge in [0, 0.05) is 31.5 Å². The Bertz CT molecular complexity index is 685. The van der Waals surface area contributed by atoms with Crippen LogP contribution in [0.1, 0.15) is 55.6 Å². The van der Waals surface area contributed by atoms with E-state index < -0.39 is 0 Å². The van der Waals surface area contributed by atoms with Crippen molar-refractivity contribution >= 4 is 0 Å². The number of likely N-dealkylation sites (tertiary alicyclic amines) is 1. The lowest BCUT2D eigenvalue weighted by Gasteiger charge is -2.37. The lowest BCUT2D eigenvalue weighted by atomic mass is 9.94. The normalized spacial score (nSPS) is 19.9. The van der Waals surface area contributed by atoms with Gasteiger partial charge in [-0.2, -0.15) is 0 Å². The molecule has 0 unspecified atom stereocenters. The number of hydrogen-bond acceptors (Lipinski definition) is 4. The SMILES string of the molecule is Cc1ccc(CN(Cc2cccnc2)CC2CCN(C3CCCC3)CC2)o1. The predicted octanol–water partition coefficient (Wildman–Crippen LogP) is 4.64. The third kappa shape index (κ3) is 5.20. The quantitative estimate of drug-likeness (QED) is 0.714. The van der Waals surface area contributed by atoms with E-state index in [-0.39, 0.29) is 0 Å². The van der Waals surface area contributed by atoms with Gasteiger partial charge in [-0.1, -0.05) is 18.9 Å². The maximum Gasteiger partial charge on any atom is 0.118 e. The monoisotopic (exact) mass is 367 g/mol. The zero-order valence-corrected chi connectivity index (χ0v) is 16.6. The van der Waals surface area contributed by atoms with Crippen molar-refractivity contribution in [2.24, 2.45) is 5.92 Å². The van der Waals surface area contributed by atoms with Crippen LogP contribution in [0.5, 0.6) is 0 Å². The molecule has 0 amide bonds. The van der Waals surface area contributed by atoms with Crippen LogP contribution in [0.15, 0.2) is 41.1 Å². The maximum atomic E-state index is 5.86. The highest BCUT2D eigenvalue weighted by Gasteiger charge is 2.28. The molecule has 1 aliphatic carbocycles. The van der Waals surface area contributed by atoms with Crippen LogP contribution in [-0.4, -0.2) is 40.5 Å². The molecule has 4 heteroatoms. The van der Waals surface area contributed by atoms with Crippen LogP contribution >= 0.6 is 0 Å². The van der Waals surface area contributed by atoms with E-state index in [1.807, 2.05) is 25.4 Å². The molecule has 0 aromatic carbocycles. The topological polar surface area (TPSA) is 32.5 Å². The second-order valence-corrected chi connectivity index (χ2v) is 8.46. The van der Waals surface area contributed by atoms with Crippen LogP contribution < -0.4 is 0 Å². The molecule has 4 nitrogen and oxygen atoms in total. The molecular formula is C23H33N3O. The molecule has 2 aromatic heterocycles. The summed E-state index contributed by atoms with van der Waals surface area (Å²) in [5, 5.41) is 0. The van der Waals surface area contributed by atoms with Crippen LogP contribution in [0.3, 0.4) is 0 Å². The number of pyridine rings is 1. The molecule has 0 bridgehead atoms. The van der Waals surface area contributed by atoms with E-state index in [0.717, 1.165) is 43.1 Å². The van der Waals surface area contributed by atoms with E-state index >= 15 is 0 Å². The minimum absolute atomic E-state index is 0.787. The molecule has 3 heterocycles. The molecule has 146 valence electrons. The third-order valence-electron chi connectivity index (χ3n) is 6.31. The number of furan rings is 1. The summed E-state index contributed by atoms with van der Waals surface area (Å²) in [6.07, 6.45) is 12.2. The standard InChI is InChI=1S/C23H33N3O/c1-19-8-9-23(27-19)18-25(17-21-5-4-12-24-15-21)16-20-10-13-26(14-11-20)22-6-2-3-7-22/h4-5,8-9,12,15,20,22H,2-3,6-7,10-11,13-14,16-18H2,1H3. The first kappa shape index (κ1) is 18.7. The summed E-state index contributed by atoms with van der Waals surface area (Å²) in [6.45, 7) is 7.56. The average Bonchev–Trinajstić information content (AvgIpc) is 3.35. The summed E-state index contributed by atoms with van der Waals surface area (Å²) in [6, 6.07) is 9.27. The van der Waals surface area contributed by atoms with E-state index in [0.29, 0.717) is 0 Å². The van der Waals surface area contributed by atoms with E-state index in [9.17, 15) is 0 Å². The second kappa shape index (κ2) is 9.03. The third-order valence-corrected chi connectivity index (χ3v) is 6.31. The number of piperidine rings is 1. The maximum absolute atomic E-state index is 5.86. The molecular weight excluding hydrogens is 334 g/mol. The summed E-state index contributed by atoms with van der Waals surface area (Å²) < 4.78 is 5.86. The van der Waals surface area contributed by atoms with Gasteiger partial charge in [-0.15, -0.1) is 0 Å². The Balaban J connectivity index is 1.35. The number of rotatable bonds is 7. The van der Waals surface area contributed by atoms with E-state index in [4.69, 9.17) is 4.42 Å². The second-order valence-electron chi connectivity index (χ2n) is 8.46. The van der Waals surface area contributed by atoms with Gasteiger partial charge in [-0.3, -0.25) is 9.88 Å². The van der Waals surface area contributed by atoms with Crippen molar-refractivity contribution in [3.63, 3.8) is 0 Å². The molecule has 0 radical (unpaired) electrons. The van der Waals surface area contributed by atoms with Crippen molar-refractivity contribution in [3.05, 3.63) is 53.7 Å². The van der Waals surface area contributed by atoms with Gasteiger partial charge >= 0.3 is 0 Å². The lowest BCUT2D eigenvalue weighted by molar-refractivity contribution is 0.104. The molecule has 1 aliphatic heterocycles. The lowest BCUT2D eigenvalue weighted by Crippen LogP contribution is -2.42. The van der Waals surface area contributed by atoms with Crippen LogP contribution in [0.4, 0.5) is 0 Å². The van der Waals surface area contributed by atoms with Gasteiger partial charge < -0.3 is 9.32 Å². The highest BCUT2D eigenvalue weighted by Crippen LogP contribution is 2.28. The largest absolute Gasteiger partial charge is 0.465 e. The van der Waals surface area contributed by atoms with Gasteiger partial charge in [0.25, 0.3) is 0 Å². The van der Waals surface area contributed by atoms with Gasteiger partial charge in [0.05, 0.1) is 6.54 Å². The van der Waals surface area contributed by atoms with Crippen LogP contribution in [0.2, 0.25) is 0 Å². The Morgan fingerprint density at radius 1 is 1.07 bits per heavy atom. The Kier molecular flexibility index (Phi) is 6.25. The number of nitrogens with zero attached hydrogens (tertiary/aromatic N) is 3. The number of aryl methyl sites for hydroxylation is 1. The Labute approximate surface area is 163 Å². The predicted molar refractivity (Wildman–Crippen MR) is 108 cm³/mol. The molecule has 0 spiro atoms. The van der Waals surface area contributed by atoms with Gasteiger partial charge in [0.2, 0.25) is 0 Å². The van der Waals surface area contributed by atoms with Crippen molar-refractivity contribution in [2.75, 3.05) is 19.6 Å². The molecule has 2 aromatic rings. The minimum atomic E-state index is 0.787. The first-order valence-corrected chi connectivity index (χ1v) is 10.7. The molecule has 1 saturated carbocycles. The van der Waals surface area contributed by atoms with Crippen molar-refractivity contribution in [3.8, 4) is 0 Å². The highest BCUT2D eigenvalue weighted by atomic mass is 16.3. The van der Waals surface area contributed by atoms with Crippen LogP contribution in [-0.2, 0) is 13.1 Å². The fraction of sp³-hybridized carbons (Fsp3) is 0.609. The van der Waals surface area contributed by atoms with Crippen molar-refractivity contribution in [1.29, 1.82) is 0 Å². The van der Waals surface area contributed by atoms with Gasteiger partial charge in [0.1, 0.15) is 11.5 Å². The van der Waals surface area contributed by atoms with Gasteiger partial charge in [-0.25, -0.2) is 0 Å². The zero-order chi connectivity index (χ0) is 18.5.